The van der Waals surface area contributed by atoms with Crippen LogP contribution in [0.4, 0.5) is 4.79 Å². The molecule has 19 heavy (non-hydrogen) atoms. The Balaban J connectivity index is 1.86. The summed E-state index contributed by atoms with van der Waals surface area (Å²) >= 11 is 0. The number of carbonyl (C=O) groups is 2. The van der Waals surface area contributed by atoms with E-state index in [-0.39, 0.29) is 18.6 Å². The second kappa shape index (κ2) is 5.73. The van der Waals surface area contributed by atoms with Crippen LogP contribution < -0.4 is 0 Å². The highest BCUT2D eigenvalue weighted by Gasteiger charge is 2.39. The van der Waals surface area contributed by atoms with Gasteiger partial charge in [-0.25, -0.2) is 4.79 Å². The van der Waals surface area contributed by atoms with Gasteiger partial charge in [-0.15, -0.1) is 0 Å². The smallest absolute Gasteiger partial charge is 0.410 e. The summed E-state index contributed by atoms with van der Waals surface area (Å²) in [6, 6.07) is 9.12. The maximum absolute atomic E-state index is 11.9. The number of nitrogens with zero attached hydrogens (tertiary/aromatic N) is 2. The molecule has 1 aliphatic heterocycles. The molecule has 0 radical (unpaired) electrons. The van der Waals surface area contributed by atoms with E-state index >= 15 is 0 Å². The number of hydrogen-bond acceptors (Lipinski definition) is 3. The van der Waals surface area contributed by atoms with Crippen molar-refractivity contribution in [2.45, 2.75) is 19.1 Å². The van der Waals surface area contributed by atoms with Crippen molar-refractivity contribution in [3.8, 4) is 0 Å². The van der Waals surface area contributed by atoms with Crippen LogP contribution in [0.15, 0.2) is 30.3 Å². The average Bonchev–Trinajstić information content (AvgIpc) is 2.36. The van der Waals surface area contributed by atoms with Crippen LogP contribution in [0.1, 0.15) is 12.0 Å². The number of carbonyl (C=O) groups excluding carboxylic acids is 2. The Morgan fingerprint density at radius 3 is 2.53 bits per heavy atom. The number of amides is 2. The molecular weight excluding hydrogens is 244 g/mol. The van der Waals surface area contributed by atoms with Gasteiger partial charge in [0.1, 0.15) is 12.6 Å². The van der Waals surface area contributed by atoms with Gasteiger partial charge in [-0.1, -0.05) is 30.3 Å². The van der Waals surface area contributed by atoms with Gasteiger partial charge in [0.05, 0.1) is 0 Å². The molecule has 1 aromatic rings. The first-order valence-electron chi connectivity index (χ1n) is 6.28. The third-order valence-electron chi connectivity index (χ3n) is 3.19. The molecule has 0 spiro atoms. The van der Waals surface area contributed by atoms with Gasteiger partial charge in [0.25, 0.3) is 0 Å². The van der Waals surface area contributed by atoms with E-state index in [2.05, 4.69) is 0 Å². The third kappa shape index (κ3) is 3.05. The number of likely N-dealkylation sites (tertiary alicyclic amines) is 1. The minimum Gasteiger partial charge on any atom is -0.445 e. The quantitative estimate of drug-likeness (QED) is 0.829. The van der Waals surface area contributed by atoms with Gasteiger partial charge < -0.3 is 9.64 Å². The Morgan fingerprint density at radius 2 is 2.00 bits per heavy atom. The zero-order valence-electron chi connectivity index (χ0n) is 11.2. The Bertz CT molecular complexity index is 459. The number of hydrogen-bond donors (Lipinski definition) is 0. The van der Waals surface area contributed by atoms with Gasteiger partial charge in [0.15, 0.2) is 0 Å². The fourth-order valence-electron chi connectivity index (χ4n) is 1.96. The summed E-state index contributed by atoms with van der Waals surface area (Å²) in [5.41, 5.74) is 0.937. The lowest BCUT2D eigenvalue weighted by molar-refractivity contribution is -0.138. The van der Waals surface area contributed by atoms with Crippen molar-refractivity contribution in [3.63, 3.8) is 0 Å². The summed E-state index contributed by atoms with van der Waals surface area (Å²) in [4.78, 5) is 26.6. The summed E-state index contributed by atoms with van der Waals surface area (Å²) in [6.07, 6.45) is 0.285. The lowest BCUT2D eigenvalue weighted by Gasteiger charge is -2.39. The van der Waals surface area contributed by atoms with Crippen LogP contribution >= 0.6 is 0 Å². The van der Waals surface area contributed by atoms with E-state index in [9.17, 15) is 9.59 Å². The molecule has 1 atom stereocenters. The predicted octanol–water partition coefficient (Wildman–Crippen LogP) is 1.49. The maximum Gasteiger partial charge on any atom is 0.410 e. The van der Waals surface area contributed by atoms with Crippen molar-refractivity contribution in [1.29, 1.82) is 0 Å². The van der Waals surface area contributed by atoms with Crippen LogP contribution in [0.25, 0.3) is 0 Å². The van der Waals surface area contributed by atoms with Gasteiger partial charge in [0, 0.05) is 20.6 Å². The molecule has 1 aromatic carbocycles. The summed E-state index contributed by atoms with van der Waals surface area (Å²) in [5, 5.41) is 0. The molecule has 5 nitrogen and oxygen atoms in total. The normalized spacial score (nSPS) is 17.6. The molecule has 1 saturated heterocycles. The fourth-order valence-corrected chi connectivity index (χ4v) is 1.96. The van der Waals surface area contributed by atoms with E-state index in [4.69, 9.17) is 4.74 Å². The van der Waals surface area contributed by atoms with E-state index < -0.39 is 6.09 Å². The van der Waals surface area contributed by atoms with Gasteiger partial charge in [-0.05, 0) is 12.0 Å². The monoisotopic (exact) mass is 262 g/mol. The first kappa shape index (κ1) is 13.4. The molecule has 0 bridgehead atoms. The number of rotatable bonds is 3. The summed E-state index contributed by atoms with van der Waals surface area (Å²) in [6.45, 7) is 0.816. The molecule has 5 heteroatoms. The first-order valence-corrected chi connectivity index (χ1v) is 6.28. The van der Waals surface area contributed by atoms with Crippen LogP contribution in [0.2, 0.25) is 0 Å². The molecule has 2 amide bonds. The summed E-state index contributed by atoms with van der Waals surface area (Å²) < 4.78 is 5.21. The Hall–Kier alpha value is -2.04. The molecule has 1 aliphatic rings. The van der Waals surface area contributed by atoms with Gasteiger partial charge >= 0.3 is 6.09 Å². The number of likely N-dealkylation sites (N-methyl/N-ethyl adjacent to an activating group) is 1. The van der Waals surface area contributed by atoms with Crippen LogP contribution in [0.5, 0.6) is 0 Å². The zero-order valence-corrected chi connectivity index (χ0v) is 11.2. The summed E-state index contributed by atoms with van der Waals surface area (Å²) in [5.74, 6) is -0.0529. The summed E-state index contributed by atoms with van der Waals surface area (Å²) in [7, 11) is 3.38. The molecule has 1 heterocycles. The van der Waals surface area contributed by atoms with Gasteiger partial charge in [-0.3, -0.25) is 9.69 Å². The number of ether oxygens (including phenoxy) is 1. The van der Waals surface area contributed by atoms with Crippen molar-refractivity contribution in [2.75, 3.05) is 20.6 Å². The average molecular weight is 262 g/mol. The molecule has 1 fully saturated rings. The molecule has 0 N–H and O–H groups in total. The van der Waals surface area contributed by atoms with Crippen LogP contribution in [-0.4, -0.2) is 48.5 Å². The highest BCUT2D eigenvalue weighted by Crippen LogP contribution is 2.20. The Morgan fingerprint density at radius 1 is 1.32 bits per heavy atom. The second-order valence-electron chi connectivity index (χ2n) is 4.77. The molecule has 0 aromatic heterocycles. The largest absolute Gasteiger partial charge is 0.445 e. The van der Waals surface area contributed by atoms with Crippen molar-refractivity contribution < 1.29 is 14.3 Å². The second-order valence-corrected chi connectivity index (χ2v) is 4.77. The topological polar surface area (TPSA) is 49.9 Å². The van der Waals surface area contributed by atoms with E-state index in [0.717, 1.165) is 5.56 Å². The van der Waals surface area contributed by atoms with E-state index in [0.29, 0.717) is 13.0 Å². The zero-order chi connectivity index (χ0) is 13.8. The van der Waals surface area contributed by atoms with E-state index in [1.807, 2.05) is 30.3 Å². The molecule has 0 aliphatic carbocycles. The maximum atomic E-state index is 11.9. The Labute approximate surface area is 112 Å². The third-order valence-corrected chi connectivity index (χ3v) is 3.19. The molecule has 0 unspecified atom stereocenters. The van der Waals surface area contributed by atoms with Crippen LogP contribution in [0.3, 0.4) is 0 Å². The molecule has 102 valence electrons. The van der Waals surface area contributed by atoms with Gasteiger partial charge in [-0.2, -0.15) is 0 Å². The Kier molecular flexibility index (Phi) is 4.04. The SMILES string of the molecule is CN(C)C(=O)[C@@H]1CCN1C(=O)OCc1ccccc1. The highest BCUT2D eigenvalue weighted by atomic mass is 16.6. The fraction of sp³-hybridized carbons (Fsp3) is 0.429. The van der Waals surface area contributed by atoms with E-state index in [1.54, 1.807) is 14.1 Å². The van der Waals surface area contributed by atoms with Crippen LogP contribution in [-0.2, 0) is 16.1 Å². The lowest BCUT2D eigenvalue weighted by atomic mass is 10.0. The standard InChI is InChI=1S/C14H18N2O3/c1-15(2)13(17)12-8-9-16(12)14(18)19-10-11-6-4-3-5-7-11/h3-7,12H,8-10H2,1-2H3/t12-/m0/s1. The highest BCUT2D eigenvalue weighted by molar-refractivity contribution is 5.86. The van der Waals surface area contributed by atoms with E-state index in [1.165, 1.54) is 9.80 Å². The first-order chi connectivity index (χ1) is 9.09. The number of benzene rings is 1. The van der Waals surface area contributed by atoms with Crippen molar-refractivity contribution in [1.82, 2.24) is 9.80 Å². The minimum atomic E-state index is -0.421. The molecule has 2 rings (SSSR count). The molecule has 0 saturated carbocycles. The lowest BCUT2D eigenvalue weighted by Crippen LogP contribution is -2.58. The van der Waals surface area contributed by atoms with Crippen molar-refractivity contribution in [3.05, 3.63) is 35.9 Å². The van der Waals surface area contributed by atoms with Crippen molar-refractivity contribution in [2.24, 2.45) is 0 Å². The van der Waals surface area contributed by atoms with Crippen LogP contribution in [0, 0.1) is 0 Å². The van der Waals surface area contributed by atoms with Gasteiger partial charge in [0.2, 0.25) is 5.91 Å². The minimum absolute atomic E-state index is 0.0529. The molecular formula is C14H18N2O3. The van der Waals surface area contributed by atoms with Crippen molar-refractivity contribution >= 4 is 12.0 Å². The predicted molar refractivity (Wildman–Crippen MR) is 70.4 cm³/mol.